The Labute approximate surface area is 144 Å². The Morgan fingerprint density at radius 3 is 2.80 bits per heavy atom. The molecular weight excluding hydrogens is 314 g/mol. The van der Waals surface area contributed by atoms with Gasteiger partial charge >= 0.3 is 0 Å². The van der Waals surface area contributed by atoms with Gasteiger partial charge in [0.2, 0.25) is 0 Å². The maximum Gasteiger partial charge on any atom is 0.152 e. The Morgan fingerprint density at radius 1 is 1.08 bits per heavy atom. The topological polar surface area (TPSA) is 78.8 Å². The number of benzene rings is 2. The van der Waals surface area contributed by atoms with Gasteiger partial charge < -0.3 is 10.4 Å². The molecule has 0 radical (unpaired) electrons. The molecule has 0 saturated carbocycles. The van der Waals surface area contributed by atoms with E-state index < -0.39 is 0 Å². The molecule has 0 fully saturated rings. The minimum absolute atomic E-state index is 0.251. The number of nitrogens with one attached hydrogen (secondary N) is 2. The second-order valence-electron chi connectivity index (χ2n) is 5.79. The van der Waals surface area contributed by atoms with Crippen molar-refractivity contribution >= 4 is 11.5 Å². The maximum atomic E-state index is 9.50. The van der Waals surface area contributed by atoms with Gasteiger partial charge in [0, 0.05) is 29.7 Å². The van der Waals surface area contributed by atoms with Crippen molar-refractivity contribution in [3.8, 4) is 22.7 Å². The number of phenols is 1. The number of hydrogen-bond donors (Lipinski definition) is 3. The number of anilines is 2. The van der Waals surface area contributed by atoms with Gasteiger partial charge in [-0.2, -0.15) is 10.2 Å². The molecule has 0 unspecified atom stereocenters. The average molecular weight is 331 g/mol. The molecule has 0 atom stereocenters. The van der Waals surface area contributed by atoms with E-state index in [9.17, 15) is 5.11 Å². The molecule has 4 rings (SSSR count). The largest absolute Gasteiger partial charge is 0.508 e. The van der Waals surface area contributed by atoms with Crippen LogP contribution < -0.4 is 5.32 Å². The lowest BCUT2D eigenvalue weighted by Gasteiger charge is -2.06. The minimum atomic E-state index is 0.251. The van der Waals surface area contributed by atoms with Gasteiger partial charge in [0.25, 0.3) is 0 Å². The summed E-state index contributed by atoms with van der Waals surface area (Å²) in [5.41, 5.74) is 4.77. The zero-order valence-electron chi connectivity index (χ0n) is 13.6. The molecule has 0 aliphatic rings. The van der Waals surface area contributed by atoms with E-state index in [0.29, 0.717) is 5.82 Å². The lowest BCUT2D eigenvalue weighted by molar-refractivity contribution is 0.475. The van der Waals surface area contributed by atoms with Crippen molar-refractivity contribution in [2.24, 2.45) is 0 Å². The van der Waals surface area contributed by atoms with Gasteiger partial charge in [-0.25, -0.2) is 4.68 Å². The first-order valence-electron chi connectivity index (χ1n) is 7.91. The van der Waals surface area contributed by atoms with Crippen LogP contribution in [0.3, 0.4) is 0 Å². The second-order valence-corrected chi connectivity index (χ2v) is 5.79. The van der Waals surface area contributed by atoms with Crippen molar-refractivity contribution in [1.29, 1.82) is 0 Å². The molecule has 2 aromatic heterocycles. The Balaban J connectivity index is 1.60. The van der Waals surface area contributed by atoms with Crippen LogP contribution >= 0.6 is 0 Å². The first-order valence-corrected chi connectivity index (χ1v) is 7.91. The summed E-state index contributed by atoms with van der Waals surface area (Å²) < 4.78 is 1.82. The predicted octanol–water partition coefficient (Wildman–Crippen LogP) is 4.02. The van der Waals surface area contributed by atoms with Crippen molar-refractivity contribution in [1.82, 2.24) is 20.0 Å². The van der Waals surface area contributed by atoms with E-state index in [4.69, 9.17) is 0 Å². The lowest BCUT2D eigenvalue weighted by atomic mass is 10.1. The van der Waals surface area contributed by atoms with Crippen LogP contribution in [0.15, 0.2) is 67.0 Å². The van der Waals surface area contributed by atoms with Crippen LogP contribution in [0.25, 0.3) is 16.9 Å². The van der Waals surface area contributed by atoms with Crippen LogP contribution in [0, 0.1) is 6.92 Å². The number of aromatic amines is 1. The van der Waals surface area contributed by atoms with Gasteiger partial charge in [0.15, 0.2) is 5.82 Å². The van der Waals surface area contributed by atoms with E-state index >= 15 is 0 Å². The summed E-state index contributed by atoms with van der Waals surface area (Å²) in [5.74, 6) is 0.967. The smallest absolute Gasteiger partial charge is 0.152 e. The molecule has 124 valence electrons. The molecule has 2 heterocycles. The zero-order chi connectivity index (χ0) is 17.2. The number of hydrogen-bond acceptors (Lipinski definition) is 4. The Bertz CT molecular complexity index is 1000. The van der Waals surface area contributed by atoms with Crippen molar-refractivity contribution in [2.75, 3.05) is 5.32 Å². The fraction of sp³-hybridized carbons (Fsp3) is 0.0526. The third-order valence-corrected chi connectivity index (χ3v) is 3.98. The van der Waals surface area contributed by atoms with E-state index in [2.05, 4.69) is 26.7 Å². The van der Waals surface area contributed by atoms with Crippen LogP contribution in [-0.4, -0.2) is 25.1 Å². The summed E-state index contributed by atoms with van der Waals surface area (Å²) >= 11 is 0. The predicted molar refractivity (Wildman–Crippen MR) is 97.3 cm³/mol. The Hall–Kier alpha value is -3.54. The molecule has 3 N–H and O–H groups in total. The molecule has 0 aliphatic carbocycles. The van der Waals surface area contributed by atoms with Crippen molar-refractivity contribution in [3.05, 3.63) is 72.6 Å². The normalized spacial score (nSPS) is 10.8. The second kappa shape index (κ2) is 6.16. The number of aromatic nitrogens is 4. The Kier molecular flexibility index (Phi) is 3.70. The van der Waals surface area contributed by atoms with Crippen LogP contribution in [0.4, 0.5) is 11.5 Å². The van der Waals surface area contributed by atoms with Crippen LogP contribution in [0.1, 0.15) is 5.56 Å². The third-order valence-electron chi connectivity index (χ3n) is 3.98. The quantitative estimate of drug-likeness (QED) is 0.494. The van der Waals surface area contributed by atoms with Crippen molar-refractivity contribution in [2.45, 2.75) is 6.92 Å². The lowest BCUT2D eigenvalue weighted by Crippen LogP contribution is -1.94. The van der Waals surface area contributed by atoms with Gasteiger partial charge in [-0.1, -0.05) is 12.1 Å². The van der Waals surface area contributed by atoms with E-state index in [1.807, 2.05) is 54.2 Å². The van der Waals surface area contributed by atoms with E-state index in [1.54, 1.807) is 18.3 Å². The molecular formula is C19H17N5O. The molecule has 0 saturated heterocycles. The molecule has 2 aromatic carbocycles. The zero-order valence-corrected chi connectivity index (χ0v) is 13.6. The first-order chi connectivity index (χ1) is 12.2. The maximum absolute atomic E-state index is 9.50. The summed E-state index contributed by atoms with van der Waals surface area (Å²) in [4.78, 5) is 0. The molecule has 0 aliphatic heterocycles. The van der Waals surface area contributed by atoms with Gasteiger partial charge in [0.05, 0.1) is 11.4 Å². The number of aromatic hydroxyl groups is 1. The fourth-order valence-corrected chi connectivity index (χ4v) is 2.70. The Morgan fingerprint density at radius 2 is 2.00 bits per heavy atom. The average Bonchev–Trinajstić information content (AvgIpc) is 3.29. The molecule has 4 aromatic rings. The molecule has 0 spiro atoms. The summed E-state index contributed by atoms with van der Waals surface area (Å²) in [6.45, 7) is 1.93. The first kappa shape index (κ1) is 15.0. The number of H-pyrrole nitrogens is 1. The fourth-order valence-electron chi connectivity index (χ4n) is 2.70. The van der Waals surface area contributed by atoms with Crippen LogP contribution in [-0.2, 0) is 0 Å². The SMILES string of the molecule is Cc1cc(O)ccc1Nc1cc(-c2cccc(-n3cccn3)c2)[nH]n1. The van der Waals surface area contributed by atoms with Gasteiger partial charge in [0.1, 0.15) is 5.75 Å². The highest BCUT2D eigenvalue weighted by Gasteiger charge is 2.07. The molecule has 6 heteroatoms. The molecule has 0 bridgehead atoms. The highest BCUT2D eigenvalue weighted by Crippen LogP contribution is 2.26. The van der Waals surface area contributed by atoms with Crippen molar-refractivity contribution < 1.29 is 5.11 Å². The summed E-state index contributed by atoms with van der Waals surface area (Å²) in [6, 6.07) is 17.1. The minimum Gasteiger partial charge on any atom is -0.508 e. The summed E-state index contributed by atoms with van der Waals surface area (Å²) in [6.07, 6.45) is 3.66. The van der Waals surface area contributed by atoms with Gasteiger partial charge in [-0.05, 0) is 48.9 Å². The molecule has 25 heavy (non-hydrogen) atoms. The van der Waals surface area contributed by atoms with Crippen molar-refractivity contribution in [3.63, 3.8) is 0 Å². The summed E-state index contributed by atoms with van der Waals surface area (Å²) in [5, 5.41) is 24.4. The number of phenolic OH excluding ortho intramolecular Hbond substituents is 1. The van der Waals surface area contributed by atoms with Crippen LogP contribution in [0.2, 0.25) is 0 Å². The standard InChI is InChI=1S/C19H17N5O/c1-13-10-16(25)6-7-17(13)21-19-12-18(22-23-19)14-4-2-5-15(11-14)24-9-3-8-20-24/h2-12,25H,1H3,(H2,21,22,23). The number of rotatable bonds is 4. The molecule has 6 nitrogen and oxygen atoms in total. The highest BCUT2D eigenvalue weighted by atomic mass is 16.3. The molecule has 0 amide bonds. The van der Waals surface area contributed by atoms with E-state index in [-0.39, 0.29) is 5.75 Å². The monoisotopic (exact) mass is 331 g/mol. The number of nitrogens with zero attached hydrogens (tertiary/aromatic N) is 3. The third kappa shape index (κ3) is 3.10. The van der Waals surface area contributed by atoms with E-state index in [1.165, 1.54) is 0 Å². The van der Waals surface area contributed by atoms with Crippen LogP contribution in [0.5, 0.6) is 5.75 Å². The van der Waals surface area contributed by atoms with Gasteiger partial charge in [-0.3, -0.25) is 5.10 Å². The highest BCUT2D eigenvalue weighted by molar-refractivity contribution is 5.68. The van der Waals surface area contributed by atoms with Gasteiger partial charge in [-0.15, -0.1) is 0 Å². The summed E-state index contributed by atoms with van der Waals surface area (Å²) in [7, 11) is 0. The van der Waals surface area contributed by atoms with E-state index in [0.717, 1.165) is 28.2 Å². The number of aryl methyl sites for hydroxylation is 1.